The van der Waals surface area contributed by atoms with Crippen molar-refractivity contribution in [1.29, 1.82) is 10.5 Å². The Balaban J connectivity index is 1.37. The van der Waals surface area contributed by atoms with Crippen LogP contribution in [0.4, 0.5) is 13.2 Å². The third kappa shape index (κ3) is 6.21. The number of aromatic nitrogens is 2. The van der Waals surface area contributed by atoms with Crippen LogP contribution < -0.4 is 0 Å². The zero-order valence-electron chi connectivity index (χ0n) is 34.4. The van der Waals surface area contributed by atoms with Crippen LogP contribution in [-0.4, -0.2) is 9.13 Å². The Kier molecular flexibility index (Phi) is 8.91. The summed E-state index contributed by atoms with van der Waals surface area (Å²) in [6.45, 7) is 8.27. The summed E-state index contributed by atoms with van der Waals surface area (Å²) in [4.78, 5) is 0. The summed E-state index contributed by atoms with van der Waals surface area (Å²) in [6, 6.07) is 52.3. The quantitative estimate of drug-likeness (QED) is 0.174. The van der Waals surface area contributed by atoms with E-state index >= 15 is 13.2 Å². The standard InChI is InChI=1S/C55H37F3N4/c1-32-20-33(2)23-40(22-32)37-16-18-49-44(28-37)42-11-5-7-14-47(42)61(49)51-26-36(30-59)27-52(54(51)53-39(31-60)10-9-13-46(53)55(56,57)58)62-48-15-8-6-12-43(48)45-29-38(17-19-50(45)62)41-24-34(3)21-35(4)25-41/h5-29H,1-4H3. The van der Waals surface area contributed by atoms with Gasteiger partial charge < -0.3 is 9.13 Å². The summed E-state index contributed by atoms with van der Waals surface area (Å²) in [6.07, 6.45) is -4.83. The van der Waals surface area contributed by atoms with Gasteiger partial charge in [-0.25, -0.2) is 0 Å². The van der Waals surface area contributed by atoms with Gasteiger partial charge in [-0.15, -0.1) is 0 Å². The van der Waals surface area contributed by atoms with E-state index in [1.54, 1.807) is 12.1 Å². The molecule has 0 N–H and O–H groups in total. The fourth-order valence-corrected chi connectivity index (χ4v) is 9.54. The molecule has 10 rings (SSSR count). The number of nitriles is 2. The van der Waals surface area contributed by atoms with Gasteiger partial charge in [0.25, 0.3) is 0 Å². The molecule has 0 amide bonds. The van der Waals surface area contributed by atoms with Gasteiger partial charge in [0, 0.05) is 32.7 Å². The van der Waals surface area contributed by atoms with E-state index in [2.05, 4.69) is 88.4 Å². The number of aryl methyl sites for hydroxylation is 4. The average Bonchev–Trinajstić information content (AvgIpc) is 3.76. The molecule has 4 nitrogen and oxygen atoms in total. The highest BCUT2D eigenvalue weighted by atomic mass is 19.4. The first-order valence-electron chi connectivity index (χ1n) is 20.3. The maximum absolute atomic E-state index is 15.5. The molecule has 0 aliphatic heterocycles. The number of fused-ring (bicyclic) bond motifs is 6. The van der Waals surface area contributed by atoms with E-state index in [0.717, 1.165) is 94.2 Å². The van der Waals surface area contributed by atoms with Gasteiger partial charge >= 0.3 is 6.18 Å². The number of rotatable bonds is 5. The van der Waals surface area contributed by atoms with Crippen LogP contribution in [0.2, 0.25) is 0 Å². The first-order chi connectivity index (χ1) is 29.9. The fraction of sp³-hybridized carbons (Fsp3) is 0.0909. The van der Waals surface area contributed by atoms with Crippen LogP contribution in [0.15, 0.2) is 152 Å². The maximum atomic E-state index is 15.5. The number of para-hydroxylation sites is 2. The van der Waals surface area contributed by atoms with Gasteiger partial charge in [0.15, 0.2) is 0 Å². The lowest BCUT2D eigenvalue weighted by Crippen LogP contribution is -2.12. The molecule has 298 valence electrons. The lowest BCUT2D eigenvalue weighted by Gasteiger charge is -2.24. The molecule has 0 atom stereocenters. The minimum atomic E-state index is -4.83. The second-order valence-electron chi connectivity index (χ2n) is 16.3. The molecular formula is C55H37F3N4. The lowest BCUT2D eigenvalue weighted by atomic mass is 9.90. The van der Waals surface area contributed by atoms with E-state index in [0.29, 0.717) is 11.4 Å². The largest absolute Gasteiger partial charge is 0.417 e. The van der Waals surface area contributed by atoms with Crippen molar-refractivity contribution in [3.05, 3.63) is 191 Å². The number of hydrogen-bond donors (Lipinski definition) is 0. The smallest absolute Gasteiger partial charge is 0.308 e. The Morgan fingerprint density at radius 2 is 0.871 bits per heavy atom. The molecule has 2 heterocycles. The highest BCUT2D eigenvalue weighted by molar-refractivity contribution is 6.13. The van der Waals surface area contributed by atoms with E-state index in [9.17, 15) is 10.5 Å². The predicted molar refractivity (Wildman–Crippen MR) is 245 cm³/mol. The molecule has 62 heavy (non-hydrogen) atoms. The van der Waals surface area contributed by atoms with Gasteiger partial charge in [-0.1, -0.05) is 113 Å². The van der Waals surface area contributed by atoms with Crippen LogP contribution in [0, 0.1) is 50.4 Å². The Bertz CT molecular complexity index is 3360. The summed E-state index contributed by atoms with van der Waals surface area (Å²) in [5.74, 6) is 0. The topological polar surface area (TPSA) is 57.4 Å². The molecule has 10 aromatic rings. The van der Waals surface area contributed by atoms with Gasteiger partial charge in [0.05, 0.1) is 62.3 Å². The van der Waals surface area contributed by atoms with Crippen molar-refractivity contribution < 1.29 is 13.2 Å². The number of nitrogens with zero attached hydrogens (tertiary/aromatic N) is 4. The highest BCUT2D eigenvalue weighted by Crippen LogP contribution is 2.48. The van der Waals surface area contributed by atoms with Crippen molar-refractivity contribution in [2.75, 3.05) is 0 Å². The van der Waals surface area contributed by atoms with E-state index in [1.165, 1.54) is 12.1 Å². The SMILES string of the molecule is Cc1cc(C)cc(-c2ccc3c(c2)c2ccccc2n3-c2cc(C#N)cc(-n3c4ccccc4c4cc(-c5cc(C)cc(C)c5)ccc43)c2-c2c(C#N)cccc2C(F)(F)F)c1. The highest BCUT2D eigenvalue weighted by Gasteiger charge is 2.37. The maximum Gasteiger partial charge on any atom is 0.417 e. The summed E-state index contributed by atoms with van der Waals surface area (Å²) in [7, 11) is 0. The van der Waals surface area contributed by atoms with Gasteiger partial charge in [-0.2, -0.15) is 23.7 Å². The van der Waals surface area contributed by atoms with Crippen molar-refractivity contribution in [2.45, 2.75) is 33.9 Å². The number of hydrogen-bond acceptors (Lipinski definition) is 2. The molecule has 0 radical (unpaired) electrons. The third-order valence-electron chi connectivity index (χ3n) is 11.9. The van der Waals surface area contributed by atoms with Crippen molar-refractivity contribution in [1.82, 2.24) is 9.13 Å². The molecule has 0 aliphatic rings. The summed E-state index contributed by atoms with van der Waals surface area (Å²) in [5, 5.41) is 25.0. The molecule has 0 unspecified atom stereocenters. The third-order valence-corrected chi connectivity index (χ3v) is 11.9. The van der Waals surface area contributed by atoms with Gasteiger partial charge in [-0.05, 0) is 111 Å². The summed E-state index contributed by atoms with van der Waals surface area (Å²) in [5.41, 5.74) is 11.4. The fourth-order valence-electron chi connectivity index (χ4n) is 9.54. The lowest BCUT2D eigenvalue weighted by molar-refractivity contribution is -0.137. The molecule has 0 saturated heterocycles. The monoisotopic (exact) mass is 810 g/mol. The molecule has 2 aromatic heterocycles. The Morgan fingerprint density at radius 1 is 0.419 bits per heavy atom. The molecule has 0 spiro atoms. The molecular weight excluding hydrogens is 774 g/mol. The van der Waals surface area contributed by atoms with Crippen molar-refractivity contribution in [3.8, 4) is 56.9 Å². The zero-order chi connectivity index (χ0) is 43.0. The Labute approximate surface area is 356 Å². The van der Waals surface area contributed by atoms with E-state index in [4.69, 9.17) is 0 Å². The molecule has 8 aromatic carbocycles. The van der Waals surface area contributed by atoms with Crippen molar-refractivity contribution in [3.63, 3.8) is 0 Å². The van der Waals surface area contributed by atoms with Crippen LogP contribution in [0.5, 0.6) is 0 Å². The van der Waals surface area contributed by atoms with Crippen LogP contribution in [0.1, 0.15) is 38.9 Å². The van der Waals surface area contributed by atoms with Crippen LogP contribution >= 0.6 is 0 Å². The van der Waals surface area contributed by atoms with Crippen LogP contribution in [0.25, 0.3) is 88.4 Å². The molecule has 0 fully saturated rings. The van der Waals surface area contributed by atoms with E-state index < -0.39 is 11.7 Å². The average molecular weight is 811 g/mol. The molecule has 0 saturated carbocycles. The summed E-state index contributed by atoms with van der Waals surface area (Å²) >= 11 is 0. The normalized spacial score (nSPS) is 11.8. The Hall–Kier alpha value is -7.87. The van der Waals surface area contributed by atoms with Crippen molar-refractivity contribution in [2.24, 2.45) is 0 Å². The Morgan fingerprint density at radius 3 is 1.31 bits per heavy atom. The second-order valence-corrected chi connectivity index (χ2v) is 16.3. The van der Waals surface area contributed by atoms with Crippen molar-refractivity contribution >= 4 is 43.6 Å². The molecule has 0 bridgehead atoms. The summed E-state index contributed by atoms with van der Waals surface area (Å²) < 4.78 is 50.4. The number of halogens is 3. The minimum absolute atomic E-state index is 0.136. The van der Waals surface area contributed by atoms with Crippen LogP contribution in [0.3, 0.4) is 0 Å². The van der Waals surface area contributed by atoms with Gasteiger partial charge in [-0.3, -0.25) is 0 Å². The first-order valence-corrected chi connectivity index (χ1v) is 20.3. The number of alkyl halides is 3. The minimum Gasteiger partial charge on any atom is -0.308 e. The van der Waals surface area contributed by atoms with Gasteiger partial charge in [0.2, 0.25) is 0 Å². The molecule has 7 heteroatoms. The molecule has 0 aliphatic carbocycles. The van der Waals surface area contributed by atoms with Gasteiger partial charge in [0.1, 0.15) is 0 Å². The number of benzene rings is 8. The zero-order valence-corrected chi connectivity index (χ0v) is 34.4. The predicted octanol–water partition coefficient (Wildman–Crippen LogP) is 14.9. The van der Waals surface area contributed by atoms with E-state index in [-0.39, 0.29) is 22.3 Å². The first kappa shape index (κ1) is 38.3. The van der Waals surface area contributed by atoms with E-state index in [1.807, 2.05) is 81.9 Å². The second kappa shape index (κ2) is 14.4. The van der Waals surface area contributed by atoms with Crippen LogP contribution in [-0.2, 0) is 6.18 Å².